The Hall–Kier alpha value is -0.680. The van der Waals surface area contributed by atoms with Crippen molar-refractivity contribution in [3.8, 4) is 0 Å². The van der Waals surface area contributed by atoms with Crippen LogP contribution in [0.2, 0.25) is 5.02 Å². The predicted octanol–water partition coefficient (Wildman–Crippen LogP) is 2.98. The molecule has 5 heteroatoms. The summed E-state index contributed by atoms with van der Waals surface area (Å²) in [5, 5.41) is 0.152. The number of rotatable bonds is 5. The maximum absolute atomic E-state index is 13.3. The second-order valence-corrected chi connectivity index (χ2v) is 5.55. The first-order valence-electron chi connectivity index (χ1n) is 7.16. The average molecular weight is 301 g/mol. The molecule has 1 aliphatic rings. The van der Waals surface area contributed by atoms with Gasteiger partial charge in [0, 0.05) is 25.7 Å². The lowest BCUT2D eigenvalue weighted by atomic mass is 10.0. The zero-order valence-electron chi connectivity index (χ0n) is 11.8. The molecule has 1 heterocycles. The van der Waals surface area contributed by atoms with Crippen molar-refractivity contribution in [2.75, 3.05) is 26.2 Å². The molecule has 0 bridgehead atoms. The molecule has 1 fully saturated rings. The number of hydrogen-bond donors (Lipinski definition) is 1. The molecule has 2 unspecified atom stereocenters. The Morgan fingerprint density at radius 3 is 3.00 bits per heavy atom. The number of halogens is 2. The number of nitrogens with zero attached hydrogens (tertiary/aromatic N) is 1. The van der Waals surface area contributed by atoms with Gasteiger partial charge in [-0.05, 0) is 44.0 Å². The summed E-state index contributed by atoms with van der Waals surface area (Å²) in [4.78, 5) is 2.31. The molecule has 2 rings (SSSR count). The average Bonchev–Trinajstić information content (AvgIpc) is 2.44. The molecule has 3 nitrogen and oxygen atoms in total. The Morgan fingerprint density at radius 2 is 2.35 bits per heavy atom. The molecule has 1 aromatic rings. The second kappa shape index (κ2) is 7.36. The lowest BCUT2D eigenvalue weighted by Crippen LogP contribution is -2.44. The van der Waals surface area contributed by atoms with E-state index in [4.69, 9.17) is 22.1 Å². The van der Waals surface area contributed by atoms with E-state index in [1.165, 1.54) is 6.07 Å². The van der Waals surface area contributed by atoms with Crippen molar-refractivity contribution in [1.29, 1.82) is 0 Å². The van der Waals surface area contributed by atoms with Crippen LogP contribution in [-0.4, -0.2) is 37.2 Å². The van der Waals surface area contributed by atoms with Crippen molar-refractivity contribution < 1.29 is 9.13 Å². The molecule has 1 aromatic carbocycles. The van der Waals surface area contributed by atoms with Gasteiger partial charge in [0.25, 0.3) is 0 Å². The van der Waals surface area contributed by atoms with Crippen molar-refractivity contribution in [2.45, 2.75) is 31.9 Å². The SMILES string of the molecule is CCOC1CCCN(C(CN)c2ccc(F)c(Cl)c2)C1. The first-order valence-corrected chi connectivity index (χ1v) is 7.54. The second-order valence-electron chi connectivity index (χ2n) is 5.14. The highest BCUT2D eigenvalue weighted by Crippen LogP contribution is 2.27. The molecular weight excluding hydrogens is 279 g/mol. The van der Waals surface area contributed by atoms with E-state index in [2.05, 4.69) is 4.90 Å². The molecule has 2 atom stereocenters. The molecule has 1 aliphatic heterocycles. The third kappa shape index (κ3) is 3.70. The van der Waals surface area contributed by atoms with Gasteiger partial charge in [0.15, 0.2) is 0 Å². The van der Waals surface area contributed by atoms with Crippen LogP contribution in [0.4, 0.5) is 4.39 Å². The van der Waals surface area contributed by atoms with Gasteiger partial charge in [-0.2, -0.15) is 0 Å². The lowest BCUT2D eigenvalue weighted by molar-refractivity contribution is -0.00660. The van der Waals surface area contributed by atoms with Crippen LogP contribution in [0.25, 0.3) is 0 Å². The molecule has 0 aliphatic carbocycles. The van der Waals surface area contributed by atoms with Gasteiger partial charge in [-0.1, -0.05) is 17.7 Å². The topological polar surface area (TPSA) is 38.5 Å². The minimum atomic E-state index is -0.392. The van der Waals surface area contributed by atoms with Crippen LogP contribution in [0.3, 0.4) is 0 Å². The van der Waals surface area contributed by atoms with Gasteiger partial charge < -0.3 is 10.5 Å². The molecule has 1 saturated heterocycles. The highest BCUT2D eigenvalue weighted by Gasteiger charge is 2.26. The van der Waals surface area contributed by atoms with Gasteiger partial charge in [0.1, 0.15) is 5.82 Å². The van der Waals surface area contributed by atoms with Gasteiger partial charge in [-0.25, -0.2) is 4.39 Å². The fourth-order valence-corrected chi connectivity index (χ4v) is 3.03. The minimum Gasteiger partial charge on any atom is -0.377 e. The third-order valence-electron chi connectivity index (χ3n) is 3.80. The molecule has 112 valence electrons. The summed E-state index contributed by atoms with van der Waals surface area (Å²) in [7, 11) is 0. The van der Waals surface area contributed by atoms with Crippen LogP contribution in [0.1, 0.15) is 31.4 Å². The Bertz CT molecular complexity index is 442. The number of nitrogens with two attached hydrogens (primary N) is 1. The highest BCUT2D eigenvalue weighted by molar-refractivity contribution is 6.30. The third-order valence-corrected chi connectivity index (χ3v) is 4.09. The van der Waals surface area contributed by atoms with Crippen molar-refractivity contribution in [3.63, 3.8) is 0 Å². The van der Waals surface area contributed by atoms with Gasteiger partial charge in [0.2, 0.25) is 0 Å². The maximum atomic E-state index is 13.3. The Balaban J connectivity index is 2.12. The zero-order valence-corrected chi connectivity index (χ0v) is 12.6. The summed E-state index contributed by atoms with van der Waals surface area (Å²) >= 11 is 5.87. The van der Waals surface area contributed by atoms with Crippen molar-refractivity contribution >= 4 is 11.6 Å². The number of ether oxygens (including phenoxy) is 1. The van der Waals surface area contributed by atoms with Gasteiger partial charge in [-0.3, -0.25) is 4.90 Å². The van der Waals surface area contributed by atoms with E-state index in [0.29, 0.717) is 6.54 Å². The quantitative estimate of drug-likeness (QED) is 0.908. The first kappa shape index (κ1) is 15.7. The van der Waals surface area contributed by atoms with Crippen LogP contribution >= 0.6 is 11.6 Å². The molecule has 0 amide bonds. The molecule has 0 aromatic heterocycles. The fraction of sp³-hybridized carbons (Fsp3) is 0.600. The molecule has 0 saturated carbocycles. The summed E-state index contributed by atoms with van der Waals surface area (Å²) in [5.41, 5.74) is 6.89. The summed E-state index contributed by atoms with van der Waals surface area (Å²) in [6.45, 7) is 5.08. The highest BCUT2D eigenvalue weighted by atomic mass is 35.5. The number of likely N-dealkylation sites (tertiary alicyclic amines) is 1. The fourth-order valence-electron chi connectivity index (χ4n) is 2.84. The Morgan fingerprint density at radius 1 is 1.55 bits per heavy atom. The molecular formula is C15H22ClFN2O. The molecule has 0 radical (unpaired) electrons. The normalized spacial score (nSPS) is 21.9. The van der Waals surface area contributed by atoms with E-state index in [-0.39, 0.29) is 17.2 Å². The minimum absolute atomic E-state index is 0.0661. The van der Waals surface area contributed by atoms with Gasteiger partial charge in [-0.15, -0.1) is 0 Å². The van der Waals surface area contributed by atoms with Crippen molar-refractivity contribution in [1.82, 2.24) is 4.90 Å². The summed E-state index contributed by atoms with van der Waals surface area (Å²) < 4.78 is 19.0. The smallest absolute Gasteiger partial charge is 0.141 e. The molecule has 0 spiro atoms. The van der Waals surface area contributed by atoms with Crippen LogP contribution in [0, 0.1) is 5.82 Å². The van der Waals surface area contributed by atoms with Crippen LogP contribution in [-0.2, 0) is 4.74 Å². The summed E-state index contributed by atoms with van der Waals surface area (Å²) in [5.74, 6) is -0.392. The number of piperidine rings is 1. The summed E-state index contributed by atoms with van der Waals surface area (Å²) in [6, 6.07) is 4.92. The monoisotopic (exact) mass is 300 g/mol. The van der Waals surface area contributed by atoms with E-state index < -0.39 is 5.82 Å². The molecule has 2 N–H and O–H groups in total. The van der Waals surface area contributed by atoms with E-state index in [9.17, 15) is 4.39 Å². The Labute approximate surface area is 124 Å². The van der Waals surface area contributed by atoms with E-state index in [1.807, 2.05) is 6.92 Å². The maximum Gasteiger partial charge on any atom is 0.141 e. The van der Waals surface area contributed by atoms with Gasteiger partial charge in [0.05, 0.1) is 11.1 Å². The standard InChI is InChI=1S/C15H22ClFN2O/c1-2-20-12-4-3-7-19(10-12)15(9-18)11-5-6-14(17)13(16)8-11/h5-6,8,12,15H,2-4,7,9-10,18H2,1H3. The predicted molar refractivity (Wildman–Crippen MR) is 79.4 cm³/mol. The van der Waals surface area contributed by atoms with E-state index in [1.54, 1.807) is 12.1 Å². The first-order chi connectivity index (χ1) is 9.65. The van der Waals surface area contributed by atoms with E-state index >= 15 is 0 Å². The van der Waals surface area contributed by atoms with Crippen molar-refractivity contribution in [3.05, 3.63) is 34.6 Å². The molecule has 20 heavy (non-hydrogen) atoms. The van der Waals surface area contributed by atoms with Crippen LogP contribution < -0.4 is 5.73 Å². The van der Waals surface area contributed by atoms with Crippen LogP contribution in [0.15, 0.2) is 18.2 Å². The largest absolute Gasteiger partial charge is 0.377 e. The van der Waals surface area contributed by atoms with Gasteiger partial charge >= 0.3 is 0 Å². The van der Waals surface area contributed by atoms with Crippen molar-refractivity contribution in [2.24, 2.45) is 5.73 Å². The van der Waals surface area contributed by atoms with Crippen LogP contribution in [0.5, 0.6) is 0 Å². The lowest BCUT2D eigenvalue weighted by Gasteiger charge is -2.38. The number of hydrogen-bond acceptors (Lipinski definition) is 3. The summed E-state index contributed by atoms with van der Waals surface area (Å²) in [6.07, 6.45) is 2.45. The van der Waals surface area contributed by atoms with E-state index in [0.717, 1.165) is 38.1 Å². The Kier molecular flexibility index (Phi) is 5.78. The number of benzene rings is 1. The zero-order chi connectivity index (χ0) is 14.5.